The third-order valence-corrected chi connectivity index (χ3v) is 5.95. The van der Waals surface area contributed by atoms with Crippen LogP contribution in [0, 0.1) is 11.7 Å². The van der Waals surface area contributed by atoms with E-state index in [9.17, 15) is 18.8 Å². The van der Waals surface area contributed by atoms with Gasteiger partial charge in [-0.1, -0.05) is 18.6 Å². The van der Waals surface area contributed by atoms with Gasteiger partial charge in [0.1, 0.15) is 17.2 Å². The number of hydrogen-bond donors (Lipinski definition) is 1. The standard InChI is InChI=1S/C22H27FN4O3/c23-17-8-6-16(7-9-17)12-26-20(24)19(18(28)14-25-10-2-1-3-11-25)21(29)27(22(26)30)13-15-4-5-15/h6-9,15H,1-5,10-14,24H2. The minimum atomic E-state index is -0.596. The number of Topliss-reactive ketones (excluding diaryl/α,β-unsaturated/α-hetero) is 1. The second kappa shape index (κ2) is 8.55. The molecule has 2 aliphatic rings. The molecule has 2 aromatic rings. The summed E-state index contributed by atoms with van der Waals surface area (Å²) in [5, 5.41) is 0. The number of nitrogens with zero attached hydrogens (tertiary/aromatic N) is 3. The number of halogens is 1. The molecule has 1 saturated heterocycles. The van der Waals surface area contributed by atoms with Crippen molar-refractivity contribution in [1.29, 1.82) is 0 Å². The number of nitrogens with two attached hydrogens (primary N) is 1. The largest absolute Gasteiger partial charge is 0.384 e. The van der Waals surface area contributed by atoms with Gasteiger partial charge in [-0.05, 0) is 62.4 Å². The quantitative estimate of drug-likeness (QED) is 0.699. The molecule has 0 radical (unpaired) electrons. The smallest absolute Gasteiger partial charge is 0.332 e. The van der Waals surface area contributed by atoms with Crippen molar-refractivity contribution in [3.05, 3.63) is 62.0 Å². The summed E-state index contributed by atoms with van der Waals surface area (Å²) in [6.45, 7) is 2.12. The number of ketones is 1. The average Bonchev–Trinajstić information content (AvgIpc) is 3.55. The van der Waals surface area contributed by atoms with Crippen LogP contribution < -0.4 is 17.0 Å². The minimum Gasteiger partial charge on any atom is -0.384 e. The molecular formula is C22H27FN4O3. The molecule has 160 valence electrons. The lowest BCUT2D eigenvalue weighted by molar-refractivity contribution is 0.0913. The Morgan fingerprint density at radius 2 is 1.70 bits per heavy atom. The molecule has 0 bridgehead atoms. The number of aromatic nitrogens is 2. The van der Waals surface area contributed by atoms with Crippen molar-refractivity contribution in [2.24, 2.45) is 5.92 Å². The zero-order valence-corrected chi connectivity index (χ0v) is 17.0. The molecule has 30 heavy (non-hydrogen) atoms. The molecule has 0 amide bonds. The number of nitrogen functional groups attached to an aromatic ring is 1. The van der Waals surface area contributed by atoms with Gasteiger partial charge in [0.15, 0.2) is 5.78 Å². The first-order valence-electron chi connectivity index (χ1n) is 10.6. The summed E-state index contributed by atoms with van der Waals surface area (Å²) in [4.78, 5) is 41.2. The number of carbonyl (C=O) groups is 1. The fraction of sp³-hybridized carbons (Fsp3) is 0.500. The summed E-state index contributed by atoms with van der Waals surface area (Å²) in [6, 6.07) is 5.73. The van der Waals surface area contributed by atoms with Crippen LogP contribution in [0.2, 0.25) is 0 Å². The topological polar surface area (TPSA) is 90.3 Å². The fourth-order valence-electron chi connectivity index (χ4n) is 4.02. The van der Waals surface area contributed by atoms with Gasteiger partial charge in [0.25, 0.3) is 5.56 Å². The van der Waals surface area contributed by atoms with E-state index in [4.69, 9.17) is 5.73 Å². The van der Waals surface area contributed by atoms with Gasteiger partial charge in [0.2, 0.25) is 0 Å². The summed E-state index contributed by atoms with van der Waals surface area (Å²) in [6.07, 6.45) is 5.12. The Bertz CT molecular complexity index is 1050. The van der Waals surface area contributed by atoms with Crippen molar-refractivity contribution < 1.29 is 9.18 Å². The molecule has 2 heterocycles. The van der Waals surface area contributed by atoms with Gasteiger partial charge >= 0.3 is 5.69 Å². The minimum absolute atomic E-state index is 0.0693. The summed E-state index contributed by atoms with van der Waals surface area (Å²) < 4.78 is 15.7. The van der Waals surface area contributed by atoms with Crippen LogP contribution in [0.1, 0.15) is 48.0 Å². The van der Waals surface area contributed by atoms with Gasteiger partial charge < -0.3 is 5.73 Å². The van der Waals surface area contributed by atoms with E-state index in [0.29, 0.717) is 12.1 Å². The highest BCUT2D eigenvalue weighted by molar-refractivity contribution is 6.01. The first kappa shape index (κ1) is 20.5. The van der Waals surface area contributed by atoms with E-state index in [2.05, 4.69) is 0 Å². The van der Waals surface area contributed by atoms with Gasteiger partial charge in [0, 0.05) is 6.54 Å². The summed E-state index contributed by atoms with van der Waals surface area (Å²) >= 11 is 0. The van der Waals surface area contributed by atoms with Crippen LogP contribution in [0.4, 0.5) is 10.2 Å². The number of hydrogen-bond acceptors (Lipinski definition) is 5. The maximum absolute atomic E-state index is 13.3. The van der Waals surface area contributed by atoms with Crippen molar-refractivity contribution in [2.75, 3.05) is 25.4 Å². The van der Waals surface area contributed by atoms with Crippen molar-refractivity contribution in [2.45, 2.75) is 45.2 Å². The molecule has 2 fully saturated rings. The Balaban J connectivity index is 1.73. The van der Waals surface area contributed by atoms with Gasteiger partial charge in [-0.25, -0.2) is 9.18 Å². The Kier molecular flexibility index (Phi) is 5.85. The second-order valence-electron chi connectivity index (χ2n) is 8.37. The molecule has 7 nitrogen and oxygen atoms in total. The van der Waals surface area contributed by atoms with Gasteiger partial charge in [-0.2, -0.15) is 0 Å². The van der Waals surface area contributed by atoms with E-state index in [1.807, 2.05) is 4.90 Å². The number of anilines is 1. The highest BCUT2D eigenvalue weighted by Crippen LogP contribution is 2.29. The molecule has 0 spiro atoms. The predicted molar refractivity (Wildman–Crippen MR) is 112 cm³/mol. The van der Waals surface area contributed by atoms with E-state index in [-0.39, 0.29) is 42.0 Å². The second-order valence-corrected chi connectivity index (χ2v) is 8.37. The molecule has 8 heteroatoms. The molecule has 1 saturated carbocycles. The summed E-state index contributed by atoms with van der Waals surface area (Å²) in [5.41, 5.74) is 5.65. The molecular weight excluding hydrogens is 387 g/mol. The van der Waals surface area contributed by atoms with Crippen LogP contribution in [-0.4, -0.2) is 39.5 Å². The number of rotatable bonds is 7. The van der Waals surface area contributed by atoms with Crippen LogP contribution in [0.3, 0.4) is 0 Å². The Hall–Kier alpha value is -2.74. The van der Waals surface area contributed by atoms with E-state index >= 15 is 0 Å². The zero-order chi connectivity index (χ0) is 21.3. The van der Waals surface area contributed by atoms with E-state index < -0.39 is 11.2 Å². The highest BCUT2D eigenvalue weighted by atomic mass is 19.1. The lowest BCUT2D eigenvalue weighted by Gasteiger charge is -2.26. The van der Waals surface area contributed by atoms with Crippen molar-refractivity contribution >= 4 is 11.6 Å². The molecule has 1 aliphatic carbocycles. The molecule has 1 aromatic heterocycles. The van der Waals surface area contributed by atoms with Crippen molar-refractivity contribution in [3.63, 3.8) is 0 Å². The maximum atomic E-state index is 13.3. The summed E-state index contributed by atoms with van der Waals surface area (Å²) in [5.74, 6) is -0.557. The Morgan fingerprint density at radius 1 is 1.03 bits per heavy atom. The third kappa shape index (κ3) is 4.38. The number of benzene rings is 1. The molecule has 1 aromatic carbocycles. The van der Waals surface area contributed by atoms with Crippen LogP contribution in [0.5, 0.6) is 0 Å². The molecule has 1 aliphatic heterocycles. The monoisotopic (exact) mass is 414 g/mol. The van der Waals surface area contributed by atoms with Gasteiger partial charge in [-0.3, -0.25) is 23.6 Å². The lowest BCUT2D eigenvalue weighted by Crippen LogP contribution is -2.46. The Labute approximate surface area is 173 Å². The highest BCUT2D eigenvalue weighted by Gasteiger charge is 2.28. The molecule has 0 atom stereocenters. The van der Waals surface area contributed by atoms with E-state index in [1.165, 1.54) is 16.7 Å². The first-order chi connectivity index (χ1) is 14.4. The van der Waals surface area contributed by atoms with Crippen LogP contribution in [-0.2, 0) is 13.1 Å². The normalized spacial score (nSPS) is 17.2. The predicted octanol–water partition coefficient (Wildman–Crippen LogP) is 1.86. The Morgan fingerprint density at radius 3 is 2.33 bits per heavy atom. The van der Waals surface area contributed by atoms with E-state index in [1.54, 1.807) is 12.1 Å². The van der Waals surface area contributed by atoms with Crippen LogP contribution >= 0.6 is 0 Å². The van der Waals surface area contributed by atoms with Crippen LogP contribution in [0.15, 0.2) is 33.9 Å². The summed E-state index contributed by atoms with van der Waals surface area (Å²) in [7, 11) is 0. The fourth-order valence-corrected chi connectivity index (χ4v) is 4.02. The number of likely N-dealkylation sites (tertiary alicyclic amines) is 1. The molecule has 4 rings (SSSR count). The third-order valence-electron chi connectivity index (χ3n) is 5.95. The van der Waals surface area contributed by atoms with E-state index in [0.717, 1.165) is 49.8 Å². The van der Waals surface area contributed by atoms with Crippen molar-refractivity contribution in [3.8, 4) is 0 Å². The average molecular weight is 414 g/mol. The molecule has 2 N–H and O–H groups in total. The maximum Gasteiger partial charge on any atom is 0.332 e. The first-order valence-corrected chi connectivity index (χ1v) is 10.6. The van der Waals surface area contributed by atoms with Gasteiger partial charge in [0.05, 0.1) is 13.1 Å². The zero-order valence-electron chi connectivity index (χ0n) is 17.0. The van der Waals surface area contributed by atoms with Crippen LogP contribution in [0.25, 0.3) is 0 Å². The molecule has 0 unspecified atom stereocenters. The number of carbonyl (C=O) groups excluding carboxylic acids is 1. The number of piperidine rings is 1. The van der Waals surface area contributed by atoms with Crippen molar-refractivity contribution in [1.82, 2.24) is 14.0 Å². The lowest BCUT2D eigenvalue weighted by atomic mass is 10.1. The van der Waals surface area contributed by atoms with Gasteiger partial charge in [-0.15, -0.1) is 0 Å². The SMILES string of the molecule is Nc1c(C(=O)CN2CCCCC2)c(=O)n(CC2CC2)c(=O)n1Cc1ccc(F)cc1.